The van der Waals surface area contributed by atoms with E-state index in [0.717, 1.165) is 17.5 Å². The fourth-order valence-electron chi connectivity index (χ4n) is 1.38. The summed E-state index contributed by atoms with van der Waals surface area (Å²) in [6.07, 6.45) is 4.09. The van der Waals surface area contributed by atoms with Gasteiger partial charge in [0.2, 0.25) is 0 Å². The van der Waals surface area contributed by atoms with Crippen LogP contribution in [0.5, 0.6) is 0 Å². The Labute approximate surface area is 81.6 Å². The summed E-state index contributed by atoms with van der Waals surface area (Å²) in [7, 11) is 0. The van der Waals surface area contributed by atoms with Crippen molar-refractivity contribution in [3.63, 3.8) is 0 Å². The van der Waals surface area contributed by atoms with E-state index in [1.165, 1.54) is 0 Å². The first-order valence-electron chi connectivity index (χ1n) is 4.50. The second-order valence-corrected chi connectivity index (χ2v) is 3.47. The van der Waals surface area contributed by atoms with Crippen LogP contribution in [0, 0.1) is 0 Å². The molecule has 72 valence electrons. The minimum Gasteiger partial charge on any atom is -0.313 e. The first-order valence-corrected chi connectivity index (χ1v) is 4.50. The first kappa shape index (κ1) is 8.87. The molecule has 4 heteroatoms. The van der Waals surface area contributed by atoms with Gasteiger partial charge in [0.05, 0.1) is 6.33 Å². The molecular weight excluding hydrogens is 178 g/mol. The second-order valence-electron chi connectivity index (χ2n) is 3.47. The Morgan fingerprint density at radius 3 is 2.86 bits per heavy atom. The summed E-state index contributed by atoms with van der Waals surface area (Å²) in [4.78, 5) is 18.9. The molecule has 0 spiro atoms. The van der Waals surface area contributed by atoms with E-state index in [2.05, 4.69) is 23.8 Å². The quantitative estimate of drug-likeness (QED) is 0.677. The van der Waals surface area contributed by atoms with Crippen molar-refractivity contribution in [2.24, 2.45) is 0 Å². The van der Waals surface area contributed by atoms with Gasteiger partial charge >= 0.3 is 0 Å². The highest BCUT2D eigenvalue weighted by molar-refractivity contribution is 5.81. The zero-order valence-electron chi connectivity index (χ0n) is 8.14. The van der Waals surface area contributed by atoms with Gasteiger partial charge in [-0.2, -0.15) is 0 Å². The predicted molar refractivity (Wildman–Crippen MR) is 53.3 cm³/mol. The standard InChI is InChI=1S/C10H11N3O/c1-7(2)13-6-12-9-3-8(5-14)4-11-10(9)13/h3-7H,1-2H3. The number of carbonyl (C=O) groups excluding carboxylic acids is 1. The number of rotatable bonds is 2. The molecule has 0 aliphatic carbocycles. The van der Waals surface area contributed by atoms with E-state index in [-0.39, 0.29) is 0 Å². The Hall–Kier alpha value is -1.71. The third kappa shape index (κ3) is 1.28. The number of aromatic nitrogens is 3. The van der Waals surface area contributed by atoms with Crippen molar-refractivity contribution in [1.29, 1.82) is 0 Å². The van der Waals surface area contributed by atoms with Crippen LogP contribution in [0.4, 0.5) is 0 Å². The maximum Gasteiger partial charge on any atom is 0.160 e. The SMILES string of the molecule is CC(C)n1cnc2cc(C=O)cnc21. The van der Waals surface area contributed by atoms with Gasteiger partial charge in [-0.15, -0.1) is 0 Å². The summed E-state index contributed by atoms with van der Waals surface area (Å²) in [5, 5.41) is 0. The fraction of sp³-hybridized carbons (Fsp3) is 0.300. The monoisotopic (exact) mass is 189 g/mol. The van der Waals surface area contributed by atoms with Crippen LogP contribution in [-0.2, 0) is 0 Å². The Balaban J connectivity index is 2.65. The number of hydrogen-bond acceptors (Lipinski definition) is 3. The van der Waals surface area contributed by atoms with Crippen LogP contribution in [0.1, 0.15) is 30.2 Å². The number of fused-ring (bicyclic) bond motifs is 1. The molecule has 0 bridgehead atoms. The van der Waals surface area contributed by atoms with Crippen molar-refractivity contribution in [2.45, 2.75) is 19.9 Å². The van der Waals surface area contributed by atoms with Gasteiger partial charge in [-0.3, -0.25) is 4.79 Å². The maximum absolute atomic E-state index is 10.5. The third-order valence-electron chi connectivity index (χ3n) is 2.13. The molecule has 0 fully saturated rings. The van der Waals surface area contributed by atoms with Crippen LogP contribution in [-0.4, -0.2) is 20.8 Å². The number of carbonyl (C=O) groups is 1. The van der Waals surface area contributed by atoms with Gasteiger partial charge in [0.25, 0.3) is 0 Å². The molecule has 0 saturated carbocycles. The minimum atomic E-state index is 0.328. The first-order chi connectivity index (χ1) is 6.72. The molecule has 0 N–H and O–H groups in total. The Morgan fingerprint density at radius 2 is 2.21 bits per heavy atom. The topological polar surface area (TPSA) is 47.8 Å². The average molecular weight is 189 g/mol. The Kier molecular flexibility index (Phi) is 2.04. The fourth-order valence-corrected chi connectivity index (χ4v) is 1.38. The van der Waals surface area contributed by atoms with E-state index < -0.39 is 0 Å². The van der Waals surface area contributed by atoms with Gasteiger partial charge in [-0.25, -0.2) is 9.97 Å². The molecule has 2 rings (SSSR count). The van der Waals surface area contributed by atoms with E-state index in [1.807, 2.05) is 4.57 Å². The summed E-state index contributed by atoms with van der Waals surface area (Å²) in [5.41, 5.74) is 2.15. The van der Waals surface area contributed by atoms with Crippen molar-refractivity contribution in [3.05, 3.63) is 24.2 Å². The Morgan fingerprint density at radius 1 is 1.43 bits per heavy atom. The molecule has 0 aliphatic rings. The minimum absolute atomic E-state index is 0.328. The molecule has 0 radical (unpaired) electrons. The number of aldehydes is 1. The van der Waals surface area contributed by atoms with Crippen LogP contribution < -0.4 is 0 Å². The summed E-state index contributed by atoms with van der Waals surface area (Å²) >= 11 is 0. The lowest BCUT2D eigenvalue weighted by molar-refractivity contribution is 0.112. The molecule has 2 aromatic heterocycles. The molecular formula is C10H11N3O. The normalized spacial score (nSPS) is 11.1. The third-order valence-corrected chi connectivity index (χ3v) is 2.13. The van der Waals surface area contributed by atoms with Crippen LogP contribution in [0.15, 0.2) is 18.6 Å². The van der Waals surface area contributed by atoms with Gasteiger partial charge in [-0.05, 0) is 19.9 Å². The van der Waals surface area contributed by atoms with Crippen LogP contribution in [0.25, 0.3) is 11.2 Å². The highest BCUT2D eigenvalue weighted by Crippen LogP contribution is 2.15. The summed E-state index contributed by atoms with van der Waals surface area (Å²) < 4.78 is 1.98. The van der Waals surface area contributed by atoms with Gasteiger partial charge in [0, 0.05) is 17.8 Å². The van der Waals surface area contributed by atoms with Gasteiger partial charge < -0.3 is 4.57 Å². The van der Waals surface area contributed by atoms with E-state index in [4.69, 9.17) is 0 Å². The smallest absolute Gasteiger partial charge is 0.160 e. The van der Waals surface area contributed by atoms with Crippen LogP contribution >= 0.6 is 0 Å². The number of imidazole rings is 1. The number of hydrogen-bond donors (Lipinski definition) is 0. The van der Waals surface area contributed by atoms with Crippen molar-refractivity contribution < 1.29 is 4.79 Å². The van der Waals surface area contributed by atoms with Gasteiger partial charge in [0.1, 0.15) is 5.52 Å². The molecule has 2 aromatic rings. The molecule has 0 unspecified atom stereocenters. The van der Waals surface area contributed by atoms with E-state index >= 15 is 0 Å². The lowest BCUT2D eigenvalue weighted by Gasteiger charge is -2.06. The lowest BCUT2D eigenvalue weighted by Crippen LogP contribution is -1.99. The molecule has 0 atom stereocenters. The van der Waals surface area contributed by atoms with E-state index in [9.17, 15) is 4.79 Å². The number of nitrogens with zero attached hydrogens (tertiary/aromatic N) is 3. The summed E-state index contributed by atoms with van der Waals surface area (Å²) in [6.45, 7) is 4.13. The number of pyridine rings is 1. The second kappa shape index (κ2) is 3.21. The largest absolute Gasteiger partial charge is 0.313 e. The van der Waals surface area contributed by atoms with Crippen molar-refractivity contribution in [1.82, 2.24) is 14.5 Å². The molecule has 0 aliphatic heterocycles. The average Bonchev–Trinajstić information content (AvgIpc) is 2.59. The molecule has 0 saturated heterocycles. The summed E-state index contributed by atoms with van der Waals surface area (Å²) in [5.74, 6) is 0. The highest BCUT2D eigenvalue weighted by Gasteiger charge is 2.06. The van der Waals surface area contributed by atoms with Gasteiger partial charge in [0.15, 0.2) is 11.9 Å². The summed E-state index contributed by atoms with van der Waals surface area (Å²) in [6, 6.07) is 2.07. The maximum atomic E-state index is 10.5. The van der Waals surface area contributed by atoms with Gasteiger partial charge in [-0.1, -0.05) is 0 Å². The van der Waals surface area contributed by atoms with Crippen molar-refractivity contribution >= 4 is 17.5 Å². The molecule has 0 amide bonds. The Bertz CT molecular complexity index is 473. The van der Waals surface area contributed by atoms with Crippen molar-refractivity contribution in [2.75, 3.05) is 0 Å². The zero-order chi connectivity index (χ0) is 10.1. The van der Waals surface area contributed by atoms with E-state index in [1.54, 1.807) is 18.6 Å². The van der Waals surface area contributed by atoms with E-state index in [0.29, 0.717) is 11.6 Å². The zero-order valence-corrected chi connectivity index (χ0v) is 8.14. The molecule has 2 heterocycles. The highest BCUT2D eigenvalue weighted by atomic mass is 16.1. The van der Waals surface area contributed by atoms with Crippen LogP contribution in [0.2, 0.25) is 0 Å². The lowest BCUT2D eigenvalue weighted by atomic mass is 10.3. The molecule has 0 aromatic carbocycles. The molecule has 14 heavy (non-hydrogen) atoms. The van der Waals surface area contributed by atoms with Crippen molar-refractivity contribution in [3.8, 4) is 0 Å². The van der Waals surface area contributed by atoms with Crippen LogP contribution in [0.3, 0.4) is 0 Å². The molecule has 4 nitrogen and oxygen atoms in total. The predicted octanol–water partition coefficient (Wildman–Crippen LogP) is 1.82.